The van der Waals surface area contributed by atoms with Crippen molar-refractivity contribution in [3.05, 3.63) is 65.7 Å². The largest absolute Gasteiger partial charge is 0.450 e. The molecule has 0 aromatic heterocycles. The summed E-state index contributed by atoms with van der Waals surface area (Å²) in [7, 11) is 0. The second-order valence-corrected chi connectivity index (χ2v) is 6.76. The van der Waals surface area contributed by atoms with E-state index in [0.717, 1.165) is 5.56 Å². The third-order valence-corrected chi connectivity index (χ3v) is 4.65. The summed E-state index contributed by atoms with van der Waals surface area (Å²) in [5.41, 5.74) is 4.86. The lowest BCUT2D eigenvalue weighted by molar-refractivity contribution is -0.172. The topological polar surface area (TPSA) is 119 Å². The molecule has 0 fully saturated rings. The summed E-state index contributed by atoms with van der Waals surface area (Å²) < 4.78 is 5.18. The second kappa shape index (κ2) is 8.67. The number of ether oxygens (including phenoxy) is 1. The van der Waals surface area contributed by atoms with E-state index in [1.54, 1.807) is 19.1 Å². The molecular formula is C21H24N2O5. The van der Waals surface area contributed by atoms with Gasteiger partial charge in [0.15, 0.2) is 11.7 Å². The monoisotopic (exact) mass is 384 g/mol. The zero-order valence-electron chi connectivity index (χ0n) is 16.0. The molecule has 0 unspecified atom stereocenters. The molecule has 0 aliphatic heterocycles. The van der Waals surface area contributed by atoms with Crippen LogP contribution < -0.4 is 11.1 Å². The van der Waals surface area contributed by atoms with Gasteiger partial charge in [-0.3, -0.25) is 9.59 Å². The highest BCUT2D eigenvalue weighted by Gasteiger charge is 2.40. The van der Waals surface area contributed by atoms with Crippen LogP contribution in [0.3, 0.4) is 0 Å². The fraction of sp³-hybridized carbons (Fsp3) is 0.286. The van der Waals surface area contributed by atoms with Gasteiger partial charge in [0.1, 0.15) is 0 Å². The zero-order valence-corrected chi connectivity index (χ0v) is 16.0. The van der Waals surface area contributed by atoms with Gasteiger partial charge in [0.2, 0.25) is 5.91 Å². The smallest absolute Gasteiger partial charge is 0.339 e. The lowest BCUT2D eigenvalue weighted by Crippen LogP contribution is -2.44. The van der Waals surface area contributed by atoms with Crippen LogP contribution >= 0.6 is 0 Å². The molecule has 4 N–H and O–H groups in total. The summed E-state index contributed by atoms with van der Waals surface area (Å²) in [5, 5.41) is 13.2. The normalized spacial score (nSPS) is 15.0. The first-order valence-corrected chi connectivity index (χ1v) is 8.82. The van der Waals surface area contributed by atoms with E-state index < -0.39 is 35.4 Å². The molecule has 0 radical (unpaired) electrons. The number of amides is 2. The van der Waals surface area contributed by atoms with Gasteiger partial charge in [-0.15, -0.1) is 0 Å². The third kappa shape index (κ3) is 4.95. The number of esters is 1. The van der Waals surface area contributed by atoms with Crippen LogP contribution in [0.5, 0.6) is 0 Å². The molecule has 148 valence electrons. The Morgan fingerprint density at radius 3 is 2.14 bits per heavy atom. The van der Waals surface area contributed by atoms with Gasteiger partial charge in [-0.25, -0.2) is 4.79 Å². The number of nitrogens with one attached hydrogen (secondary N) is 1. The summed E-state index contributed by atoms with van der Waals surface area (Å²) in [6.45, 7) is 4.48. The Labute approximate surface area is 163 Å². The SMILES string of the molecule is C[C@H](OC(=O)[C@@](C)(O)[C@@H](C)c1ccccc1)C(=O)Nc1ccc(C(N)=O)cc1. The minimum Gasteiger partial charge on any atom is -0.450 e. The Morgan fingerprint density at radius 1 is 1.04 bits per heavy atom. The highest BCUT2D eigenvalue weighted by atomic mass is 16.6. The minimum atomic E-state index is -1.81. The standard InChI is InChI=1S/C21H24N2O5/c1-13(15-7-5-4-6-8-15)21(3,27)20(26)28-14(2)19(25)23-17-11-9-16(10-12-17)18(22)24/h4-14,27H,1-3H3,(H2,22,24)(H,23,25)/t13-,14-,21-/m0/s1. The lowest BCUT2D eigenvalue weighted by Gasteiger charge is -2.29. The predicted molar refractivity (Wildman–Crippen MR) is 105 cm³/mol. The van der Waals surface area contributed by atoms with E-state index in [2.05, 4.69) is 5.32 Å². The molecule has 3 atom stereocenters. The summed E-state index contributed by atoms with van der Waals surface area (Å²) in [6.07, 6.45) is -1.13. The van der Waals surface area contributed by atoms with Gasteiger partial charge in [0.05, 0.1) is 0 Å². The van der Waals surface area contributed by atoms with Crippen molar-refractivity contribution in [2.24, 2.45) is 5.73 Å². The first kappa shape index (κ1) is 21.1. The lowest BCUT2D eigenvalue weighted by atomic mass is 9.85. The van der Waals surface area contributed by atoms with Crippen molar-refractivity contribution < 1.29 is 24.2 Å². The molecule has 2 aromatic rings. The number of anilines is 1. The summed E-state index contributed by atoms with van der Waals surface area (Å²) >= 11 is 0. The van der Waals surface area contributed by atoms with Crippen LogP contribution in [0.15, 0.2) is 54.6 Å². The Bertz CT molecular complexity index is 847. The first-order chi connectivity index (χ1) is 13.1. The maximum absolute atomic E-state index is 12.5. The molecule has 0 saturated heterocycles. The van der Waals surface area contributed by atoms with Crippen LogP contribution in [0.1, 0.15) is 42.6 Å². The van der Waals surface area contributed by atoms with Crippen molar-refractivity contribution in [3.63, 3.8) is 0 Å². The Morgan fingerprint density at radius 2 is 1.61 bits per heavy atom. The maximum Gasteiger partial charge on any atom is 0.339 e. The van der Waals surface area contributed by atoms with Gasteiger partial charge in [0, 0.05) is 17.2 Å². The Balaban J connectivity index is 2.00. The number of benzene rings is 2. The second-order valence-electron chi connectivity index (χ2n) is 6.76. The average Bonchev–Trinajstić information content (AvgIpc) is 2.68. The summed E-state index contributed by atoms with van der Waals surface area (Å²) in [5.74, 6) is -2.56. The first-order valence-electron chi connectivity index (χ1n) is 8.82. The number of carbonyl (C=O) groups is 3. The Hall–Kier alpha value is -3.19. The number of primary amides is 1. The number of nitrogens with two attached hydrogens (primary N) is 1. The highest BCUT2D eigenvalue weighted by Crippen LogP contribution is 2.29. The van der Waals surface area contributed by atoms with Crippen molar-refractivity contribution in [2.45, 2.75) is 38.4 Å². The van der Waals surface area contributed by atoms with Crippen molar-refractivity contribution >= 4 is 23.5 Å². The molecule has 7 heteroatoms. The number of rotatable bonds is 7. The number of hydrogen-bond donors (Lipinski definition) is 3. The van der Waals surface area contributed by atoms with Gasteiger partial charge < -0.3 is 20.9 Å². The van der Waals surface area contributed by atoms with Crippen LogP contribution in [-0.4, -0.2) is 34.6 Å². The van der Waals surface area contributed by atoms with Gasteiger partial charge >= 0.3 is 5.97 Å². The number of carbonyl (C=O) groups excluding carboxylic acids is 3. The highest BCUT2D eigenvalue weighted by molar-refractivity contribution is 5.97. The molecule has 0 heterocycles. The molecule has 0 aliphatic carbocycles. The quantitative estimate of drug-likeness (QED) is 0.633. The molecule has 0 aliphatic rings. The van der Waals surface area contributed by atoms with Gasteiger partial charge in [0.25, 0.3) is 5.91 Å². The van der Waals surface area contributed by atoms with Crippen LogP contribution in [0.25, 0.3) is 0 Å². The predicted octanol–water partition coefficient (Wildman–Crippen LogP) is 2.21. The van der Waals surface area contributed by atoms with E-state index >= 15 is 0 Å². The molecule has 2 amide bonds. The van der Waals surface area contributed by atoms with Crippen molar-refractivity contribution in [1.29, 1.82) is 0 Å². The molecule has 7 nitrogen and oxygen atoms in total. The van der Waals surface area contributed by atoms with Crippen LogP contribution in [0.2, 0.25) is 0 Å². The minimum absolute atomic E-state index is 0.309. The van der Waals surface area contributed by atoms with Crippen LogP contribution in [0.4, 0.5) is 5.69 Å². The fourth-order valence-electron chi connectivity index (χ4n) is 2.54. The zero-order chi connectivity index (χ0) is 20.9. The van der Waals surface area contributed by atoms with Crippen LogP contribution in [0, 0.1) is 0 Å². The molecule has 28 heavy (non-hydrogen) atoms. The summed E-state index contributed by atoms with van der Waals surface area (Å²) in [6, 6.07) is 15.0. The third-order valence-electron chi connectivity index (χ3n) is 4.65. The van der Waals surface area contributed by atoms with Crippen molar-refractivity contribution in [2.75, 3.05) is 5.32 Å². The molecule has 0 saturated carbocycles. The molecular weight excluding hydrogens is 360 g/mol. The Kier molecular flexibility index (Phi) is 6.53. The summed E-state index contributed by atoms with van der Waals surface area (Å²) in [4.78, 5) is 35.8. The van der Waals surface area contributed by atoms with E-state index in [-0.39, 0.29) is 0 Å². The molecule has 2 aromatic carbocycles. The van der Waals surface area contributed by atoms with Gasteiger partial charge in [-0.2, -0.15) is 0 Å². The van der Waals surface area contributed by atoms with Crippen LogP contribution in [-0.2, 0) is 14.3 Å². The van der Waals surface area contributed by atoms with Crippen molar-refractivity contribution in [3.8, 4) is 0 Å². The van der Waals surface area contributed by atoms with E-state index in [4.69, 9.17) is 10.5 Å². The van der Waals surface area contributed by atoms with E-state index in [1.165, 1.54) is 38.1 Å². The number of hydrogen-bond acceptors (Lipinski definition) is 5. The molecule has 0 spiro atoms. The fourth-order valence-corrected chi connectivity index (χ4v) is 2.54. The van der Waals surface area contributed by atoms with Gasteiger partial charge in [-0.05, 0) is 43.7 Å². The maximum atomic E-state index is 12.5. The van der Waals surface area contributed by atoms with E-state index in [0.29, 0.717) is 11.3 Å². The van der Waals surface area contributed by atoms with Crippen molar-refractivity contribution in [1.82, 2.24) is 0 Å². The molecule has 2 rings (SSSR count). The van der Waals surface area contributed by atoms with E-state index in [1.807, 2.05) is 18.2 Å². The molecule has 0 bridgehead atoms. The average molecular weight is 384 g/mol. The van der Waals surface area contributed by atoms with Gasteiger partial charge in [-0.1, -0.05) is 37.3 Å². The number of aliphatic hydroxyl groups is 1. The van der Waals surface area contributed by atoms with E-state index in [9.17, 15) is 19.5 Å².